The third-order valence-electron chi connectivity index (χ3n) is 4.95. The van der Waals surface area contributed by atoms with Gasteiger partial charge in [-0.05, 0) is 44.6 Å². The van der Waals surface area contributed by atoms with Gasteiger partial charge in [-0.1, -0.05) is 18.2 Å². The van der Waals surface area contributed by atoms with Gasteiger partial charge in [-0.15, -0.1) is 0 Å². The molecule has 24 heavy (non-hydrogen) atoms. The van der Waals surface area contributed by atoms with E-state index in [1.165, 1.54) is 6.07 Å². The Morgan fingerprint density at radius 1 is 1.12 bits per heavy atom. The predicted molar refractivity (Wildman–Crippen MR) is 86.9 cm³/mol. The van der Waals surface area contributed by atoms with Crippen LogP contribution in [0.4, 0.5) is 9.18 Å². The molecule has 0 aliphatic heterocycles. The molecule has 2 aliphatic rings. The Morgan fingerprint density at radius 3 is 2.38 bits per heavy atom. The number of hydrogen-bond acceptors (Lipinski definition) is 2. The van der Waals surface area contributed by atoms with Crippen LogP contribution in [0.2, 0.25) is 0 Å². The van der Waals surface area contributed by atoms with Crippen molar-refractivity contribution >= 4 is 12.0 Å². The number of nitrogens with zero attached hydrogens (tertiary/aromatic N) is 1. The number of benzene rings is 1. The molecule has 0 spiro atoms. The van der Waals surface area contributed by atoms with Crippen molar-refractivity contribution in [1.82, 2.24) is 10.2 Å². The molecular formula is C18H23FN2O3. The highest BCUT2D eigenvalue weighted by molar-refractivity contribution is 5.75. The summed E-state index contributed by atoms with van der Waals surface area (Å²) in [5.41, 5.74) is 0.522. The molecule has 2 amide bonds. The monoisotopic (exact) mass is 334 g/mol. The maximum absolute atomic E-state index is 13.9. The van der Waals surface area contributed by atoms with E-state index < -0.39 is 5.97 Å². The van der Waals surface area contributed by atoms with Gasteiger partial charge >= 0.3 is 12.0 Å². The summed E-state index contributed by atoms with van der Waals surface area (Å²) in [7, 11) is 0. The van der Waals surface area contributed by atoms with Crippen LogP contribution in [0.1, 0.15) is 44.1 Å². The highest BCUT2D eigenvalue weighted by Crippen LogP contribution is 2.30. The fourth-order valence-electron chi connectivity index (χ4n) is 3.31. The first-order valence-corrected chi connectivity index (χ1v) is 8.58. The molecule has 5 nitrogen and oxygen atoms in total. The lowest BCUT2D eigenvalue weighted by Crippen LogP contribution is -2.47. The van der Waals surface area contributed by atoms with Gasteiger partial charge in [-0.3, -0.25) is 4.79 Å². The van der Waals surface area contributed by atoms with Crippen LogP contribution in [-0.2, 0) is 11.3 Å². The van der Waals surface area contributed by atoms with Crippen LogP contribution in [0.5, 0.6) is 0 Å². The maximum atomic E-state index is 13.9. The molecule has 0 atom stereocenters. The van der Waals surface area contributed by atoms with E-state index in [1.807, 2.05) is 0 Å². The van der Waals surface area contributed by atoms with E-state index in [-0.39, 0.29) is 36.4 Å². The maximum Gasteiger partial charge on any atom is 0.318 e. The summed E-state index contributed by atoms with van der Waals surface area (Å²) in [5.74, 6) is -1.34. The summed E-state index contributed by atoms with van der Waals surface area (Å²) in [6.07, 6.45) is 4.46. The lowest BCUT2D eigenvalue weighted by atomic mass is 9.86. The summed E-state index contributed by atoms with van der Waals surface area (Å²) >= 11 is 0. The Kier molecular flexibility index (Phi) is 5.02. The van der Waals surface area contributed by atoms with Crippen molar-refractivity contribution in [2.45, 2.75) is 57.2 Å². The van der Waals surface area contributed by atoms with Crippen molar-refractivity contribution in [3.05, 3.63) is 35.6 Å². The summed E-state index contributed by atoms with van der Waals surface area (Å²) < 4.78 is 13.9. The second-order valence-electron chi connectivity index (χ2n) is 6.79. The zero-order valence-corrected chi connectivity index (χ0v) is 13.6. The molecular weight excluding hydrogens is 311 g/mol. The fraction of sp³-hybridized carbons (Fsp3) is 0.556. The molecule has 1 aromatic carbocycles. The Morgan fingerprint density at radius 2 is 1.79 bits per heavy atom. The van der Waals surface area contributed by atoms with E-state index in [0.717, 1.165) is 12.8 Å². The quantitative estimate of drug-likeness (QED) is 0.869. The van der Waals surface area contributed by atoms with Gasteiger partial charge in [0.15, 0.2) is 0 Å². The van der Waals surface area contributed by atoms with Crippen LogP contribution in [-0.4, -0.2) is 34.1 Å². The molecule has 3 rings (SSSR count). The normalized spacial score (nSPS) is 23.5. The number of aliphatic carboxylic acids is 1. The zero-order valence-electron chi connectivity index (χ0n) is 13.6. The minimum absolute atomic E-state index is 0.00923. The van der Waals surface area contributed by atoms with Crippen LogP contribution in [0, 0.1) is 11.7 Å². The first-order valence-electron chi connectivity index (χ1n) is 8.58. The average molecular weight is 334 g/mol. The van der Waals surface area contributed by atoms with Crippen molar-refractivity contribution in [2.24, 2.45) is 5.92 Å². The molecule has 0 heterocycles. The number of amides is 2. The molecule has 0 aromatic heterocycles. The third-order valence-corrected chi connectivity index (χ3v) is 4.95. The highest BCUT2D eigenvalue weighted by atomic mass is 19.1. The Labute approximate surface area is 140 Å². The van der Waals surface area contributed by atoms with Crippen molar-refractivity contribution in [2.75, 3.05) is 0 Å². The van der Waals surface area contributed by atoms with Gasteiger partial charge in [0.05, 0.1) is 12.5 Å². The number of hydrogen-bond donors (Lipinski definition) is 2. The molecule has 2 N–H and O–H groups in total. The summed E-state index contributed by atoms with van der Waals surface area (Å²) in [6, 6.07) is 6.55. The minimum atomic E-state index is -0.751. The lowest BCUT2D eigenvalue weighted by Gasteiger charge is -2.30. The molecule has 0 saturated heterocycles. The van der Waals surface area contributed by atoms with Crippen LogP contribution in [0.3, 0.4) is 0 Å². The number of nitrogens with one attached hydrogen (secondary N) is 1. The van der Waals surface area contributed by atoms with Gasteiger partial charge in [-0.25, -0.2) is 9.18 Å². The summed E-state index contributed by atoms with van der Waals surface area (Å²) in [6.45, 7) is 0.271. The van der Waals surface area contributed by atoms with Crippen molar-refractivity contribution in [3.63, 3.8) is 0 Å². The Bertz CT molecular complexity index is 610. The van der Waals surface area contributed by atoms with Crippen LogP contribution in [0.25, 0.3) is 0 Å². The van der Waals surface area contributed by atoms with Crippen LogP contribution in [0.15, 0.2) is 24.3 Å². The molecule has 2 fully saturated rings. The SMILES string of the molecule is O=C(O)C1CCC(NC(=O)N(Cc2ccccc2F)C2CC2)CC1. The van der Waals surface area contributed by atoms with E-state index in [2.05, 4.69) is 5.32 Å². The standard InChI is InChI=1S/C18H23FN2O3/c19-16-4-2-1-3-13(16)11-21(15-9-10-15)18(24)20-14-7-5-12(6-8-14)17(22)23/h1-4,12,14-15H,5-11H2,(H,20,24)(H,22,23). The second-order valence-corrected chi connectivity index (χ2v) is 6.79. The highest BCUT2D eigenvalue weighted by Gasteiger charge is 2.34. The van der Waals surface area contributed by atoms with E-state index in [0.29, 0.717) is 31.2 Å². The summed E-state index contributed by atoms with van der Waals surface area (Å²) in [4.78, 5) is 25.3. The second kappa shape index (κ2) is 7.20. The Balaban J connectivity index is 1.58. The average Bonchev–Trinajstić information content (AvgIpc) is 3.39. The van der Waals surface area contributed by atoms with E-state index in [4.69, 9.17) is 5.11 Å². The zero-order chi connectivity index (χ0) is 17.1. The predicted octanol–water partition coefficient (Wildman–Crippen LogP) is 3.14. The van der Waals surface area contributed by atoms with Crippen molar-refractivity contribution in [1.29, 1.82) is 0 Å². The number of urea groups is 1. The van der Waals surface area contributed by atoms with Crippen molar-refractivity contribution in [3.8, 4) is 0 Å². The number of halogens is 1. The van der Waals surface area contributed by atoms with E-state index in [9.17, 15) is 14.0 Å². The van der Waals surface area contributed by atoms with Gasteiger partial charge < -0.3 is 15.3 Å². The van der Waals surface area contributed by atoms with Gasteiger partial charge in [0.1, 0.15) is 5.82 Å². The van der Waals surface area contributed by atoms with Crippen LogP contribution < -0.4 is 5.32 Å². The molecule has 6 heteroatoms. The van der Waals surface area contributed by atoms with Crippen molar-refractivity contribution < 1.29 is 19.1 Å². The number of carboxylic acids is 1. The van der Waals surface area contributed by atoms with Crippen LogP contribution >= 0.6 is 0 Å². The number of carbonyl (C=O) groups excluding carboxylic acids is 1. The van der Waals surface area contributed by atoms with Gasteiger partial charge in [0.2, 0.25) is 0 Å². The number of carboxylic acid groups (broad SMARTS) is 1. The number of carbonyl (C=O) groups is 2. The molecule has 0 bridgehead atoms. The minimum Gasteiger partial charge on any atom is -0.481 e. The Hall–Kier alpha value is -2.11. The molecule has 1 aromatic rings. The molecule has 0 radical (unpaired) electrons. The fourth-order valence-corrected chi connectivity index (χ4v) is 3.31. The van der Waals surface area contributed by atoms with Gasteiger partial charge in [-0.2, -0.15) is 0 Å². The lowest BCUT2D eigenvalue weighted by molar-refractivity contribution is -0.142. The first kappa shape index (κ1) is 16.7. The summed E-state index contributed by atoms with van der Waals surface area (Å²) in [5, 5.41) is 12.0. The largest absolute Gasteiger partial charge is 0.481 e. The number of rotatable bonds is 5. The third kappa shape index (κ3) is 4.04. The molecule has 0 unspecified atom stereocenters. The van der Waals surface area contributed by atoms with Gasteiger partial charge in [0, 0.05) is 17.6 Å². The first-order chi connectivity index (χ1) is 11.5. The molecule has 2 saturated carbocycles. The van der Waals surface area contributed by atoms with E-state index >= 15 is 0 Å². The smallest absolute Gasteiger partial charge is 0.318 e. The molecule has 130 valence electrons. The van der Waals surface area contributed by atoms with Gasteiger partial charge in [0.25, 0.3) is 0 Å². The van der Waals surface area contributed by atoms with E-state index in [1.54, 1.807) is 23.1 Å². The topological polar surface area (TPSA) is 69.6 Å². The molecule has 2 aliphatic carbocycles.